The molecule has 2 rings (SSSR count). The molecule has 0 N–H and O–H groups in total. The summed E-state index contributed by atoms with van der Waals surface area (Å²) in [6.45, 7) is 0.387. The van der Waals surface area contributed by atoms with Crippen molar-refractivity contribution in [2.45, 2.75) is 11.8 Å². The van der Waals surface area contributed by atoms with Crippen LogP contribution in [-0.4, -0.2) is 35.7 Å². The number of carbonyl (C=O) groups excluding carboxylic acids is 2. The zero-order valence-electron chi connectivity index (χ0n) is 9.35. The van der Waals surface area contributed by atoms with Crippen molar-refractivity contribution in [3.63, 3.8) is 0 Å². The van der Waals surface area contributed by atoms with Gasteiger partial charge in [-0.3, -0.25) is 14.5 Å². The molecule has 5 heteroatoms. The van der Waals surface area contributed by atoms with Gasteiger partial charge in [-0.15, -0.1) is 11.6 Å². The summed E-state index contributed by atoms with van der Waals surface area (Å²) in [6.07, 6.45) is 0.516. The first-order valence-corrected chi connectivity index (χ1v) is 5.71. The van der Waals surface area contributed by atoms with Crippen molar-refractivity contribution in [3.05, 3.63) is 29.8 Å². The van der Waals surface area contributed by atoms with Crippen LogP contribution in [0.2, 0.25) is 0 Å². The van der Waals surface area contributed by atoms with Gasteiger partial charge in [0.2, 0.25) is 5.91 Å². The van der Waals surface area contributed by atoms with Crippen LogP contribution in [0.15, 0.2) is 24.3 Å². The first-order chi connectivity index (χ1) is 8.13. The highest BCUT2D eigenvalue weighted by atomic mass is 35.5. The maximum absolute atomic E-state index is 12.0. The van der Waals surface area contributed by atoms with Crippen LogP contribution >= 0.6 is 11.6 Å². The highest BCUT2D eigenvalue weighted by Crippen LogP contribution is 2.20. The Bertz CT molecular complexity index is 444. The summed E-state index contributed by atoms with van der Waals surface area (Å²) in [5.41, 5.74) is 0.463. The second-order valence-corrected chi connectivity index (χ2v) is 4.31. The number of alkyl halides is 1. The standard InChI is InChI=1S/C12H12ClNO3/c1-17-9-4-2-8(3-5-9)11(15)14-7-6-10(13)12(14)16/h2-5,10H,6-7H2,1H3/t10-/m1/s1. The zero-order chi connectivity index (χ0) is 12.4. The Morgan fingerprint density at radius 2 is 2.06 bits per heavy atom. The molecule has 1 atom stereocenters. The summed E-state index contributed by atoms with van der Waals surface area (Å²) in [4.78, 5) is 24.8. The van der Waals surface area contributed by atoms with E-state index in [-0.39, 0.29) is 11.8 Å². The molecule has 0 aromatic heterocycles. The summed E-state index contributed by atoms with van der Waals surface area (Å²) in [5.74, 6) is 0.0535. The van der Waals surface area contributed by atoms with Crippen LogP contribution in [0.5, 0.6) is 5.75 Å². The molecule has 1 aromatic rings. The van der Waals surface area contributed by atoms with Gasteiger partial charge in [-0.2, -0.15) is 0 Å². The summed E-state index contributed by atoms with van der Waals surface area (Å²) >= 11 is 5.77. The summed E-state index contributed by atoms with van der Waals surface area (Å²) in [6, 6.07) is 6.64. The van der Waals surface area contributed by atoms with E-state index in [0.717, 1.165) is 0 Å². The van der Waals surface area contributed by atoms with Crippen LogP contribution in [0.25, 0.3) is 0 Å². The number of methoxy groups -OCH3 is 1. The molecule has 1 aliphatic rings. The van der Waals surface area contributed by atoms with Gasteiger partial charge in [0.25, 0.3) is 5.91 Å². The lowest BCUT2D eigenvalue weighted by atomic mass is 10.2. The number of benzene rings is 1. The Kier molecular flexibility index (Phi) is 3.33. The zero-order valence-corrected chi connectivity index (χ0v) is 10.1. The maximum atomic E-state index is 12.0. The molecule has 2 amide bonds. The van der Waals surface area contributed by atoms with Crippen molar-refractivity contribution in [1.82, 2.24) is 4.90 Å². The number of nitrogens with zero attached hydrogens (tertiary/aromatic N) is 1. The van der Waals surface area contributed by atoms with Crippen molar-refractivity contribution < 1.29 is 14.3 Å². The molecule has 0 spiro atoms. The monoisotopic (exact) mass is 253 g/mol. The number of hydrogen-bond donors (Lipinski definition) is 0. The average Bonchev–Trinajstić information content (AvgIpc) is 2.69. The van der Waals surface area contributed by atoms with E-state index in [2.05, 4.69) is 0 Å². The second kappa shape index (κ2) is 4.75. The SMILES string of the molecule is COc1ccc(C(=O)N2CC[C@@H](Cl)C2=O)cc1. The minimum atomic E-state index is -0.572. The van der Waals surface area contributed by atoms with Crippen LogP contribution < -0.4 is 4.74 Å². The normalized spacial score (nSPS) is 19.5. The third kappa shape index (κ3) is 2.26. The van der Waals surface area contributed by atoms with E-state index in [1.165, 1.54) is 4.90 Å². The number of carbonyl (C=O) groups is 2. The lowest BCUT2D eigenvalue weighted by Gasteiger charge is -2.13. The largest absolute Gasteiger partial charge is 0.497 e. The van der Waals surface area contributed by atoms with E-state index in [9.17, 15) is 9.59 Å². The number of likely N-dealkylation sites (tertiary alicyclic amines) is 1. The number of hydrogen-bond acceptors (Lipinski definition) is 3. The van der Waals surface area contributed by atoms with Crippen molar-refractivity contribution >= 4 is 23.4 Å². The van der Waals surface area contributed by atoms with Gasteiger partial charge in [0.15, 0.2) is 0 Å². The number of imide groups is 1. The van der Waals surface area contributed by atoms with E-state index in [1.54, 1.807) is 31.4 Å². The summed E-state index contributed by atoms with van der Waals surface area (Å²) in [5, 5.41) is -0.572. The fraction of sp³-hybridized carbons (Fsp3) is 0.333. The minimum Gasteiger partial charge on any atom is -0.497 e. The van der Waals surface area contributed by atoms with Gasteiger partial charge in [-0.25, -0.2) is 0 Å². The summed E-state index contributed by atoms with van der Waals surface area (Å²) < 4.78 is 5.00. The predicted octanol–water partition coefficient (Wildman–Crippen LogP) is 1.68. The van der Waals surface area contributed by atoms with E-state index in [4.69, 9.17) is 16.3 Å². The van der Waals surface area contributed by atoms with Gasteiger partial charge >= 0.3 is 0 Å². The highest BCUT2D eigenvalue weighted by Gasteiger charge is 2.34. The molecule has 0 radical (unpaired) electrons. The lowest BCUT2D eigenvalue weighted by Crippen LogP contribution is -2.33. The smallest absolute Gasteiger partial charge is 0.260 e. The Morgan fingerprint density at radius 3 is 2.53 bits per heavy atom. The van der Waals surface area contributed by atoms with Crippen LogP contribution in [0.1, 0.15) is 16.8 Å². The Morgan fingerprint density at radius 1 is 1.41 bits per heavy atom. The van der Waals surface area contributed by atoms with Gasteiger partial charge < -0.3 is 4.74 Å². The van der Waals surface area contributed by atoms with Crippen LogP contribution in [0, 0.1) is 0 Å². The second-order valence-electron chi connectivity index (χ2n) is 3.78. The Balaban J connectivity index is 2.17. The molecular formula is C12H12ClNO3. The fourth-order valence-corrected chi connectivity index (χ4v) is 1.95. The quantitative estimate of drug-likeness (QED) is 0.595. The van der Waals surface area contributed by atoms with E-state index in [1.807, 2.05) is 0 Å². The van der Waals surface area contributed by atoms with Crippen molar-refractivity contribution in [2.24, 2.45) is 0 Å². The number of ether oxygens (including phenoxy) is 1. The molecular weight excluding hydrogens is 242 g/mol. The molecule has 0 aliphatic carbocycles. The third-order valence-corrected chi connectivity index (χ3v) is 3.13. The number of amides is 2. The van der Waals surface area contributed by atoms with Gasteiger partial charge in [0, 0.05) is 12.1 Å². The van der Waals surface area contributed by atoms with Gasteiger partial charge in [0.05, 0.1) is 7.11 Å². The Hall–Kier alpha value is -1.55. The van der Waals surface area contributed by atoms with Gasteiger partial charge in [0.1, 0.15) is 11.1 Å². The van der Waals surface area contributed by atoms with Crippen molar-refractivity contribution in [3.8, 4) is 5.75 Å². The third-order valence-electron chi connectivity index (χ3n) is 2.72. The fourth-order valence-electron chi connectivity index (χ4n) is 1.74. The number of rotatable bonds is 2. The maximum Gasteiger partial charge on any atom is 0.260 e. The van der Waals surface area contributed by atoms with E-state index in [0.29, 0.717) is 24.3 Å². The number of halogens is 1. The molecule has 4 nitrogen and oxygen atoms in total. The molecule has 90 valence electrons. The van der Waals surface area contributed by atoms with Crippen LogP contribution in [0.3, 0.4) is 0 Å². The van der Waals surface area contributed by atoms with Gasteiger partial charge in [-0.1, -0.05) is 0 Å². The molecule has 1 aromatic carbocycles. The van der Waals surface area contributed by atoms with Gasteiger partial charge in [-0.05, 0) is 30.7 Å². The lowest BCUT2D eigenvalue weighted by molar-refractivity contribution is -0.125. The molecule has 1 fully saturated rings. The van der Waals surface area contributed by atoms with Crippen LogP contribution in [-0.2, 0) is 4.79 Å². The van der Waals surface area contributed by atoms with Crippen molar-refractivity contribution in [1.29, 1.82) is 0 Å². The van der Waals surface area contributed by atoms with E-state index >= 15 is 0 Å². The molecule has 17 heavy (non-hydrogen) atoms. The highest BCUT2D eigenvalue weighted by molar-refractivity contribution is 6.33. The van der Waals surface area contributed by atoms with E-state index < -0.39 is 5.38 Å². The molecule has 1 aliphatic heterocycles. The first-order valence-electron chi connectivity index (χ1n) is 5.27. The molecule has 0 unspecified atom stereocenters. The average molecular weight is 254 g/mol. The molecule has 1 saturated heterocycles. The molecule has 1 heterocycles. The first kappa shape index (κ1) is 11.9. The summed E-state index contributed by atoms with van der Waals surface area (Å²) in [7, 11) is 1.55. The molecule has 0 saturated carbocycles. The van der Waals surface area contributed by atoms with Crippen LogP contribution in [0.4, 0.5) is 0 Å². The predicted molar refractivity (Wildman–Crippen MR) is 63.3 cm³/mol. The minimum absolute atomic E-state index is 0.305. The molecule has 0 bridgehead atoms. The topological polar surface area (TPSA) is 46.6 Å². The van der Waals surface area contributed by atoms with Crippen molar-refractivity contribution in [2.75, 3.05) is 13.7 Å². The Labute approximate surface area is 104 Å².